The van der Waals surface area contributed by atoms with Crippen molar-refractivity contribution in [2.75, 3.05) is 39.6 Å². The lowest BCUT2D eigenvalue weighted by Gasteiger charge is -2.21. The van der Waals surface area contributed by atoms with Gasteiger partial charge in [-0.25, -0.2) is 9.13 Å². The van der Waals surface area contributed by atoms with Crippen molar-refractivity contribution in [2.24, 2.45) is 17.8 Å². The summed E-state index contributed by atoms with van der Waals surface area (Å²) in [4.78, 5) is 73.2. The van der Waals surface area contributed by atoms with Gasteiger partial charge in [-0.1, -0.05) is 402 Å². The van der Waals surface area contributed by atoms with Crippen LogP contribution in [0.25, 0.3) is 0 Å². The molecule has 0 amide bonds. The molecule has 2 unspecified atom stereocenters. The van der Waals surface area contributed by atoms with Gasteiger partial charge in [0.1, 0.15) is 19.3 Å². The molecule has 3 N–H and O–H groups in total. The van der Waals surface area contributed by atoms with Crippen LogP contribution < -0.4 is 0 Å². The second-order valence-electron chi connectivity index (χ2n) is 32.4. The Balaban J connectivity index is 5.21. The molecular weight excluding hydrogens is 1370 g/mol. The van der Waals surface area contributed by atoms with Crippen molar-refractivity contribution >= 4 is 39.5 Å². The van der Waals surface area contributed by atoms with Crippen molar-refractivity contribution in [1.29, 1.82) is 0 Å². The van der Waals surface area contributed by atoms with E-state index in [1.54, 1.807) is 0 Å². The molecular formula is C86H168O17P2. The molecule has 105 heavy (non-hydrogen) atoms. The van der Waals surface area contributed by atoms with Gasteiger partial charge in [0.2, 0.25) is 0 Å². The van der Waals surface area contributed by atoms with E-state index in [-0.39, 0.29) is 25.7 Å². The molecule has 0 rings (SSSR count). The molecule has 0 bridgehead atoms. The fraction of sp³-hybridized carbons (Fsp3) is 0.953. The van der Waals surface area contributed by atoms with Crippen LogP contribution in [0.4, 0.5) is 0 Å². The third-order valence-corrected chi connectivity index (χ3v) is 22.0. The first kappa shape index (κ1) is 103. The Morgan fingerprint density at radius 2 is 0.438 bits per heavy atom. The number of hydrogen-bond acceptors (Lipinski definition) is 15. The van der Waals surface area contributed by atoms with E-state index in [0.29, 0.717) is 31.6 Å². The predicted molar refractivity (Wildman–Crippen MR) is 432 cm³/mol. The van der Waals surface area contributed by atoms with E-state index < -0.39 is 97.5 Å². The van der Waals surface area contributed by atoms with Crippen molar-refractivity contribution in [1.82, 2.24) is 0 Å². The summed E-state index contributed by atoms with van der Waals surface area (Å²) in [5.74, 6) is 0.180. The van der Waals surface area contributed by atoms with Gasteiger partial charge in [-0.15, -0.1) is 0 Å². The molecule has 0 aliphatic carbocycles. The zero-order valence-corrected chi connectivity index (χ0v) is 71.0. The molecule has 0 aromatic rings. The number of aliphatic hydroxyl groups is 1. The highest BCUT2D eigenvalue weighted by molar-refractivity contribution is 7.47. The van der Waals surface area contributed by atoms with Crippen LogP contribution in [0.15, 0.2) is 0 Å². The topological polar surface area (TPSA) is 237 Å². The molecule has 0 fully saturated rings. The van der Waals surface area contributed by atoms with Crippen molar-refractivity contribution in [3.8, 4) is 0 Å². The Kier molecular flexibility index (Phi) is 74.7. The number of aliphatic hydroxyl groups excluding tert-OH is 1. The number of hydrogen-bond donors (Lipinski definition) is 3. The maximum absolute atomic E-state index is 13.1. The van der Waals surface area contributed by atoms with Crippen LogP contribution in [0, 0.1) is 17.8 Å². The molecule has 0 aliphatic rings. The van der Waals surface area contributed by atoms with E-state index in [1.807, 2.05) is 0 Å². The molecule has 0 saturated heterocycles. The van der Waals surface area contributed by atoms with Gasteiger partial charge < -0.3 is 33.8 Å². The van der Waals surface area contributed by atoms with Crippen molar-refractivity contribution in [2.45, 2.75) is 471 Å². The number of carbonyl (C=O) groups excluding carboxylic acids is 4. The van der Waals surface area contributed by atoms with Crippen LogP contribution in [0.3, 0.4) is 0 Å². The molecule has 0 aromatic heterocycles. The summed E-state index contributed by atoms with van der Waals surface area (Å²) >= 11 is 0. The van der Waals surface area contributed by atoms with E-state index in [9.17, 15) is 43.2 Å². The van der Waals surface area contributed by atoms with E-state index >= 15 is 0 Å². The highest BCUT2D eigenvalue weighted by atomic mass is 31.2. The molecule has 0 aromatic carbocycles. The summed E-state index contributed by atoms with van der Waals surface area (Å²) in [6, 6.07) is 0. The van der Waals surface area contributed by atoms with Gasteiger partial charge >= 0.3 is 39.5 Å². The van der Waals surface area contributed by atoms with Crippen LogP contribution in [-0.4, -0.2) is 96.7 Å². The number of ether oxygens (including phenoxy) is 4. The molecule has 624 valence electrons. The third kappa shape index (κ3) is 79.9. The van der Waals surface area contributed by atoms with Crippen molar-refractivity contribution in [3.63, 3.8) is 0 Å². The summed E-state index contributed by atoms with van der Waals surface area (Å²) in [6.07, 6.45) is 66.9. The quantitative estimate of drug-likeness (QED) is 0.0222. The standard InChI is InChI=1S/C86H168O17P2/c1-8-9-10-11-12-13-14-15-16-17-18-19-20-25-31-36-41-46-55-62-69-85(90)102-81(73-96-83(88)67-60-53-45-40-35-30-24-22-21-23-28-33-38-43-50-57-64-77(2)3)75-100-104(92,93)98-71-80(87)72-99-105(94,95)101-76-82(74-97-84(89)68-61-54-49-48-52-59-66-79(6)7)103-86(91)70-63-56-47-42-37-32-27-26-29-34-39-44-51-58-65-78(4)5/h77-82,87H,8-76H2,1-7H3,(H,92,93)(H,94,95)/t80-,81-,82-/m1/s1. The van der Waals surface area contributed by atoms with Crippen LogP contribution in [-0.2, 0) is 65.4 Å². The van der Waals surface area contributed by atoms with Crippen molar-refractivity contribution < 1.29 is 80.2 Å². The van der Waals surface area contributed by atoms with E-state index in [2.05, 4.69) is 48.5 Å². The summed E-state index contributed by atoms with van der Waals surface area (Å²) in [5, 5.41) is 10.7. The second kappa shape index (κ2) is 76.1. The Labute approximate surface area is 645 Å². The largest absolute Gasteiger partial charge is 0.472 e. The van der Waals surface area contributed by atoms with Gasteiger partial charge in [-0.2, -0.15) is 0 Å². The van der Waals surface area contributed by atoms with E-state index in [0.717, 1.165) is 108 Å². The molecule has 0 heterocycles. The molecule has 0 radical (unpaired) electrons. The molecule has 0 saturated carbocycles. The molecule has 0 aliphatic heterocycles. The minimum Gasteiger partial charge on any atom is -0.462 e. The zero-order chi connectivity index (χ0) is 77.2. The Bertz CT molecular complexity index is 2030. The zero-order valence-electron chi connectivity index (χ0n) is 69.2. The van der Waals surface area contributed by atoms with Gasteiger partial charge in [0.05, 0.1) is 26.4 Å². The van der Waals surface area contributed by atoms with Crippen LogP contribution in [0.1, 0.15) is 453 Å². The van der Waals surface area contributed by atoms with Gasteiger partial charge in [0.15, 0.2) is 12.2 Å². The lowest BCUT2D eigenvalue weighted by molar-refractivity contribution is -0.161. The minimum atomic E-state index is -4.97. The number of esters is 4. The SMILES string of the molecule is CCCCCCCCCCCCCCCCCCCCCCC(=O)O[C@H](COC(=O)CCCCCCCCCCCCCCCCCCC(C)C)COP(=O)(O)OC[C@@H](O)COP(=O)(O)OC[C@@H](COC(=O)CCCCCCCCC(C)C)OC(=O)CCCCCCCCCCCCCCCCC(C)C. The smallest absolute Gasteiger partial charge is 0.462 e. The minimum absolute atomic E-state index is 0.107. The lowest BCUT2D eigenvalue weighted by atomic mass is 10.0. The highest BCUT2D eigenvalue weighted by Crippen LogP contribution is 2.45. The normalized spacial score (nSPS) is 13.9. The van der Waals surface area contributed by atoms with Crippen LogP contribution >= 0.6 is 15.6 Å². The van der Waals surface area contributed by atoms with Crippen molar-refractivity contribution in [3.05, 3.63) is 0 Å². The third-order valence-electron chi connectivity index (χ3n) is 20.1. The van der Waals surface area contributed by atoms with Crippen LogP contribution in [0.5, 0.6) is 0 Å². The fourth-order valence-electron chi connectivity index (χ4n) is 13.4. The lowest BCUT2D eigenvalue weighted by Crippen LogP contribution is -2.30. The second-order valence-corrected chi connectivity index (χ2v) is 35.3. The Morgan fingerprint density at radius 1 is 0.257 bits per heavy atom. The molecule has 19 heteroatoms. The van der Waals surface area contributed by atoms with E-state index in [1.165, 1.54) is 257 Å². The monoisotopic (exact) mass is 1540 g/mol. The number of phosphoric acid groups is 2. The first-order chi connectivity index (χ1) is 50.7. The first-order valence-electron chi connectivity index (χ1n) is 44.3. The summed E-state index contributed by atoms with van der Waals surface area (Å²) < 4.78 is 68.9. The van der Waals surface area contributed by atoms with Crippen LogP contribution in [0.2, 0.25) is 0 Å². The summed E-state index contributed by atoms with van der Waals surface area (Å²) in [7, 11) is -9.93. The molecule has 17 nitrogen and oxygen atoms in total. The summed E-state index contributed by atoms with van der Waals surface area (Å²) in [6.45, 7) is 11.9. The predicted octanol–water partition coefficient (Wildman–Crippen LogP) is 26.1. The Morgan fingerprint density at radius 3 is 0.648 bits per heavy atom. The van der Waals surface area contributed by atoms with Gasteiger partial charge in [-0.05, 0) is 43.4 Å². The van der Waals surface area contributed by atoms with E-state index in [4.69, 9.17) is 37.0 Å². The number of phosphoric ester groups is 2. The number of unbranched alkanes of at least 4 members (excludes halogenated alkanes) is 52. The molecule has 5 atom stereocenters. The fourth-order valence-corrected chi connectivity index (χ4v) is 14.9. The number of carbonyl (C=O) groups is 4. The summed E-state index contributed by atoms with van der Waals surface area (Å²) in [5.41, 5.74) is 0. The maximum Gasteiger partial charge on any atom is 0.472 e. The first-order valence-corrected chi connectivity index (χ1v) is 47.3. The highest BCUT2D eigenvalue weighted by Gasteiger charge is 2.30. The van der Waals surface area contributed by atoms with Gasteiger partial charge in [0, 0.05) is 25.7 Å². The number of rotatable bonds is 84. The Hall–Kier alpha value is -1.94. The average molecular weight is 1540 g/mol. The maximum atomic E-state index is 13.1. The van der Waals surface area contributed by atoms with Gasteiger partial charge in [-0.3, -0.25) is 37.3 Å². The average Bonchev–Trinajstić information content (AvgIpc) is 0.923. The molecule has 0 spiro atoms. The van der Waals surface area contributed by atoms with Gasteiger partial charge in [0.25, 0.3) is 0 Å².